The van der Waals surface area contributed by atoms with Gasteiger partial charge in [0.2, 0.25) is 0 Å². The van der Waals surface area contributed by atoms with Crippen LogP contribution in [0.15, 0.2) is 42.9 Å². The van der Waals surface area contributed by atoms with E-state index in [4.69, 9.17) is 0 Å². The Labute approximate surface area is 129 Å². The second kappa shape index (κ2) is 5.74. The van der Waals surface area contributed by atoms with Crippen molar-refractivity contribution in [3.63, 3.8) is 0 Å². The molecule has 0 aliphatic heterocycles. The highest BCUT2D eigenvalue weighted by molar-refractivity contribution is 5.86. The average molecular weight is 301 g/mol. The quantitative estimate of drug-likeness (QED) is 0.755. The first-order valence-electron chi connectivity index (χ1n) is 7.04. The molecule has 2 N–H and O–H groups in total. The minimum absolute atomic E-state index is 0. The summed E-state index contributed by atoms with van der Waals surface area (Å²) in [5.41, 5.74) is 3.74. The summed E-state index contributed by atoms with van der Waals surface area (Å²) in [5.74, 6) is 0.915. The van der Waals surface area contributed by atoms with E-state index < -0.39 is 0 Å². The topological polar surface area (TPSA) is 53.6 Å². The molecule has 4 nitrogen and oxygen atoms in total. The summed E-state index contributed by atoms with van der Waals surface area (Å²) >= 11 is 0. The van der Waals surface area contributed by atoms with E-state index in [1.807, 2.05) is 12.3 Å². The predicted molar refractivity (Wildman–Crippen MR) is 86.9 cm³/mol. The standard InChI is InChI=1S/C16H16N4.ClH/c1-2-6-12-11(4-1)5-3-7-14(12)20-16-13-8-9-17-15(13)18-10-19-16;/h1-2,4,6,8-10,14H,3,5,7H2,(H2,17,18,19,20);1H. The fraction of sp³-hybridized carbons (Fsp3) is 0.250. The number of hydrogen-bond donors (Lipinski definition) is 2. The third-order valence-electron chi connectivity index (χ3n) is 4.03. The van der Waals surface area contributed by atoms with E-state index in [9.17, 15) is 0 Å². The summed E-state index contributed by atoms with van der Waals surface area (Å²) in [5, 5.41) is 4.65. The summed E-state index contributed by atoms with van der Waals surface area (Å²) < 4.78 is 0. The number of aromatic amines is 1. The van der Waals surface area contributed by atoms with E-state index in [0.717, 1.165) is 23.3 Å². The minimum Gasteiger partial charge on any atom is -0.363 e. The predicted octanol–water partition coefficient (Wildman–Crippen LogP) is 3.87. The Morgan fingerprint density at radius 2 is 2.05 bits per heavy atom. The lowest BCUT2D eigenvalue weighted by Gasteiger charge is -2.26. The summed E-state index contributed by atoms with van der Waals surface area (Å²) in [4.78, 5) is 11.8. The van der Waals surface area contributed by atoms with E-state index in [-0.39, 0.29) is 12.4 Å². The van der Waals surface area contributed by atoms with Crippen LogP contribution in [0.2, 0.25) is 0 Å². The lowest BCUT2D eigenvalue weighted by molar-refractivity contribution is 0.599. The van der Waals surface area contributed by atoms with Crippen LogP contribution in [0, 0.1) is 0 Å². The molecule has 1 unspecified atom stereocenters. The van der Waals surface area contributed by atoms with Gasteiger partial charge >= 0.3 is 0 Å². The Kier molecular flexibility index (Phi) is 3.80. The number of aryl methyl sites for hydroxylation is 1. The van der Waals surface area contributed by atoms with E-state index in [1.54, 1.807) is 6.33 Å². The highest BCUT2D eigenvalue weighted by Crippen LogP contribution is 2.33. The highest BCUT2D eigenvalue weighted by atomic mass is 35.5. The van der Waals surface area contributed by atoms with Crippen LogP contribution in [0.3, 0.4) is 0 Å². The monoisotopic (exact) mass is 300 g/mol. The van der Waals surface area contributed by atoms with Crippen molar-refractivity contribution in [3.05, 3.63) is 54.0 Å². The highest BCUT2D eigenvalue weighted by Gasteiger charge is 2.20. The number of fused-ring (bicyclic) bond motifs is 2. The molecule has 0 saturated heterocycles. The molecular weight excluding hydrogens is 284 g/mol. The van der Waals surface area contributed by atoms with Gasteiger partial charge in [-0.15, -0.1) is 12.4 Å². The van der Waals surface area contributed by atoms with Gasteiger partial charge in [0.15, 0.2) is 0 Å². The van der Waals surface area contributed by atoms with Gasteiger partial charge in [0.05, 0.1) is 11.4 Å². The van der Waals surface area contributed by atoms with Crippen molar-refractivity contribution in [2.24, 2.45) is 0 Å². The van der Waals surface area contributed by atoms with Crippen molar-refractivity contribution in [1.82, 2.24) is 15.0 Å². The summed E-state index contributed by atoms with van der Waals surface area (Å²) in [6, 6.07) is 11.1. The number of benzene rings is 1. The first-order chi connectivity index (χ1) is 9.92. The second-order valence-corrected chi connectivity index (χ2v) is 5.25. The van der Waals surface area contributed by atoms with Crippen LogP contribution in [-0.4, -0.2) is 15.0 Å². The van der Waals surface area contributed by atoms with Crippen molar-refractivity contribution in [2.45, 2.75) is 25.3 Å². The molecule has 4 rings (SSSR count). The van der Waals surface area contributed by atoms with Gasteiger partial charge in [-0.05, 0) is 36.5 Å². The number of halogens is 1. The van der Waals surface area contributed by atoms with Gasteiger partial charge in [0.25, 0.3) is 0 Å². The Balaban J connectivity index is 0.00000132. The molecule has 0 radical (unpaired) electrons. The minimum atomic E-state index is 0. The lowest BCUT2D eigenvalue weighted by atomic mass is 9.88. The molecule has 1 atom stereocenters. The number of nitrogens with zero attached hydrogens (tertiary/aromatic N) is 2. The van der Waals surface area contributed by atoms with Crippen LogP contribution in [0.5, 0.6) is 0 Å². The number of H-pyrrole nitrogens is 1. The summed E-state index contributed by atoms with van der Waals surface area (Å²) in [6.07, 6.45) is 7.05. The number of rotatable bonds is 2. The second-order valence-electron chi connectivity index (χ2n) is 5.25. The first kappa shape index (κ1) is 13.9. The van der Waals surface area contributed by atoms with Crippen LogP contribution in [0.4, 0.5) is 5.82 Å². The van der Waals surface area contributed by atoms with Gasteiger partial charge in [-0.2, -0.15) is 0 Å². The normalized spacial score (nSPS) is 17.0. The van der Waals surface area contributed by atoms with Crippen LogP contribution in [-0.2, 0) is 6.42 Å². The zero-order valence-corrected chi connectivity index (χ0v) is 12.4. The SMILES string of the molecule is Cl.c1ccc2c(c1)CCCC2Nc1ncnc2[nH]ccc12. The van der Waals surface area contributed by atoms with Gasteiger partial charge in [0, 0.05) is 6.20 Å². The third-order valence-corrected chi connectivity index (χ3v) is 4.03. The Bertz CT molecular complexity index is 753. The Hall–Kier alpha value is -2.07. The maximum Gasteiger partial charge on any atom is 0.142 e. The summed E-state index contributed by atoms with van der Waals surface area (Å²) in [7, 11) is 0. The maximum absolute atomic E-state index is 4.40. The van der Waals surface area contributed by atoms with Gasteiger partial charge in [0.1, 0.15) is 17.8 Å². The van der Waals surface area contributed by atoms with Gasteiger partial charge in [-0.3, -0.25) is 0 Å². The van der Waals surface area contributed by atoms with Crippen LogP contribution >= 0.6 is 12.4 Å². The van der Waals surface area contributed by atoms with Crippen LogP contribution < -0.4 is 5.32 Å². The molecule has 1 aliphatic carbocycles. The van der Waals surface area contributed by atoms with E-state index in [1.165, 1.54) is 24.0 Å². The van der Waals surface area contributed by atoms with Gasteiger partial charge in [-0.25, -0.2) is 9.97 Å². The Morgan fingerprint density at radius 1 is 1.14 bits per heavy atom. The maximum atomic E-state index is 4.40. The third kappa shape index (κ3) is 2.47. The Morgan fingerprint density at radius 3 is 3.00 bits per heavy atom. The molecule has 108 valence electrons. The zero-order valence-electron chi connectivity index (χ0n) is 11.5. The van der Waals surface area contributed by atoms with Crippen LogP contribution in [0.25, 0.3) is 11.0 Å². The molecular formula is C16H17ClN4. The molecule has 3 aromatic rings. The van der Waals surface area contributed by atoms with E-state index in [2.05, 4.69) is 44.5 Å². The molecule has 1 aromatic carbocycles. The molecule has 2 heterocycles. The molecule has 2 aromatic heterocycles. The fourth-order valence-electron chi connectivity index (χ4n) is 3.06. The van der Waals surface area contributed by atoms with Crippen molar-refractivity contribution in [2.75, 3.05) is 5.32 Å². The molecule has 0 spiro atoms. The molecule has 21 heavy (non-hydrogen) atoms. The van der Waals surface area contributed by atoms with E-state index in [0.29, 0.717) is 6.04 Å². The number of aromatic nitrogens is 3. The number of hydrogen-bond acceptors (Lipinski definition) is 3. The largest absolute Gasteiger partial charge is 0.363 e. The van der Waals surface area contributed by atoms with Gasteiger partial charge < -0.3 is 10.3 Å². The zero-order chi connectivity index (χ0) is 13.4. The first-order valence-corrected chi connectivity index (χ1v) is 7.04. The lowest BCUT2D eigenvalue weighted by Crippen LogP contribution is -2.18. The molecule has 1 aliphatic rings. The van der Waals surface area contributed by atoms with Crippen molar-refractivity contribution < 1.29 is 0 Å². The molecule has 0 saturated carbocycles. The smallest absolute Gasteiger partial charge is 0.142 e. The van der Waals surface area contributed by atoms with Gasteiger partial charge in [-0.1, -0.05) is 24.3 Å². The fourth-order valence-corrected chi connectivity index (χ4v) is 3.06. The molecule has 0 amide bonds. The molecule has 0 fully saturated rings. The summed E-state index contributed by atoms with van der Waals surface area (Å²) in [6.45, 7) is 0. The molecule has 5 heteroatoms. The van der Waals surface area contributed by atoms with Crippen LogP contribution in [0.1, 0.15) is 30.0 Å². The van der Waals surface area contributed by atoms with Crippen molar-refractivity contribution >= 4 is 29.3 Å². The number of anilines is 1. The van der Waals surface area contributed by atoms with Crippen molar-refractivity contribution in [3.8, 4) is 0 Å². The van der Waals surface area contributed by atoms with Crippen molar-refractivity contribution in [1.29, 1.82) is 0 Å². The average Bonchev–Trinajstić information content (AvgIpc) is 2.97. The molecule has 0 bridgehead atoms. The number of nitrogens with one attached hydrogen (secondary N) is 2. The van der Waals surface area contributed by atoms with E-state index >= 15 is 0 Å².